The molecule has 5 heteroatoms. The maximum atomic E-state index is 6.06. The van der Waals surface area contributed by atoms with Crippen LogP contribution in [0.1, 0.15) is 29.8 Å². The average molecular weight is 389 g/mol. The fourth-order valence-electron chi connectivity index (χ4n) is 4.04. The minimum Gasteiger partial charge on any atom is -0.340 e. The zero-order chi connectivity index (χ0) is 19.1. The van der Waals surface area contributed by atoms with Crippen molar-refractivity contribution in [1.82, 2.24) is 14.6 Å². The van der Waals surface area contributed by atoms with E-state index in [2.05, 4.69) is 36.5 Å². The van der Waals surface area contributed by atoms with Crippen LogP contribution in [0.25, 0.3) is 16.8 Å². The number of hydrogen-bond acceptors (Lipinski definition) is 3. The Bertz CT molecular complexity index is 1150. The maximum Gasteiger partial charge on any atom is 0.165 e. The van der Waals surface area contributed by atoms with E-state index in [0.29, 0.717) is 0 Å². The van der Waals surface area contributed by atoms with E-state index < -0.39 is 0 Å². The van der Waals surface area contributed by atoms with Crippen LogP contribution < -0.4 is 5.32 Å². The predicted molar refractivity (Wildman–Crippen MR) is 115 cm³/mol. The van der Waals surface area contributed by atoms with Gasteiger partial charge in [-0.25, -0.2) is 4.98 Å². The zero-order valence-corrected chi connectivity index (χ0v) is 16.5. The van der Waals surface area contributed by atoms with Gasteiger partial charge < -0.3 is 5.32 Å². The molecule has 0 saturated carbocycles. The molecule has 2 aromatic carbocycles. The number of hydrogen-bond donors (Lipinski definition) is 1. The molecule has 0 unspecified atom stereocenters. The molecule has 0 amide bonds. The number of nitrogens with zero attached hydrogens (tertiary/aromatic N) is 3. The second kappa shape index (κ2) is 6.95. The molecular formula is C23H21ClN4. The third kappa shape index (κ3) is 2.94. The summed E-state index contributed by atoms with van der Waals surface area (Å²) in [5.74, 6) is 1.02. The van der Waals surface area contributed by atoms with E-state index in [-0.39, 0.29) is 0 Å². The van der Waals surface area contributed by atoms with E-state index >= 15 is 0 Å². The van der Waals surface area contributed by atoms with Crippen LogP contribution >= 0.6 is 11.6 Å². The van der Waals surface area contributed by atoms with Crippen molar-refractivity contribution in [3.8, 4) is 11.1 Å². The lowest BCUT2D eigenvalue weighted by molar-refractivity contribution is 0.662. The molecule has 0 atom stereocenters. The fourth-order valence-corrected chi connectivity index (χ4v) is 4.16. The molecule has 1 N–H and O–H groups in total. The molecule has 2 heterocycles. The number of aromatic nitrogens is 3. The number of nitrogens with one attached hydrogen (secondary N) is 1. The Morgan fingerprint density at radius 1 is 0.964 bits per heavy atom. The van der Waals surface area contributed by atoms with Crippen LogP contribution in [0.2, 0.25) is 5.02 Å². The molecular weight excluding hydrogens is 368 g/mol. The van der Waals surface area contributed by atoms with Gasteiger partial charge in [0.15, 0.2) is 5.65 Å². The van der Waals surface area contributed by atoms with Gasteiger partial charge in [-0.2, -0.15) is 9.61 Å². The largest absolute Gasteiger partial charge is 0.340 e. The third-order valence-electron chi connectivity index (χ3n) is 5.38. The molecule has 0 fully saturated rings. The molecule has 1 aliphatic carbocycles. The van der Waals surface area contributed by atoms with Crippen LogP contribution in [0.4, 0.5) is 11.5 Å². The van der Waals surface area contributed by atoms with E-state index in [1.165, 1.54) is 24.1 Å². The standard InChI is InChI=1S/C23H21ClN4/c1-15-21(16-7-3-2-4-8-16)23-26-20-10-6-5-9-19(20)22(28(23)27-15)25-18-13-11-17(24)12-14-18/h2-4,7-8,11-14,25H,5-6,9-10H2,1H3. The van der Waals surface area contributed by atoms with Gasteiger partial charge in [0.25, 0.3) is 0 Å². The summed E-state index contributed by atoms with van der Waals surface area (Å²) in [6.07, 6.45) is 4.40. The predicted octanol–water partition coefficient (Wildman–Crippen LogP) is 5.98. The van der Waals surface area contributed by atoms with Crippen LogP contribution in [0.3, 0.4) is 0 Å². The molecule has 4 aromatic rings. The highest BCUT2D eigenvalue weighted by atomic mass is 35.5. The molecule has 0 aliphatic heterocycles. The summed E-state index contributed by atoms with van der Waals surface area (Å²) in [5, 5.41) is 9.20. The Morgan fingerprint density at radius 2 is 1.71 bits per heavy atom. The fraction of sp³-hybridized carbons (Fsp3) is 0.217. The second-order valence-corrected chi connectivity index (χ2v) is 7.72. The third-order valence-corrected chi connectivity index (χ3v) is 5.63. The number of aryl methyl sites for hydroxylation is 2. The first kappa shape index (κ1) is 17.3. The first-order valence-corrected chi connectivity index (χ1v) is 10.1. The summed E-state index contributed by atoms with van der Waals surface area (Å²) in [6.45, 7) is 2.06. The molecule has 4 nitrogen and oxygen atoms in total. The van der Waals surface area contributed by atoms with Crippen molar-refractivity contribution in [1.29, 1.82) is 0 Å². The molecule has 0 saturated heterocycles. The van der Waals surface area contributed by atoms with Crippen LogP contribution in [-0.2, 0) is 12.8 Å². The monoisotopic (exact) mass is 388 g/mol. The van der Waals surface area contributed by atoms with Crippen molar-refractivity contribution < 1.29 is 0 Å². The van der Waals surface area contributed by atoms with Crippen molar-refractivity contribution >= 4 is 28.8 Å². The van der Waals surface area contributed by atoms with Crippen LogP contribution in [-0.4, -0.2) is 14.6 Å². The van der Waals surface area contributed by atoms with Crippen LogP contribution in [0, 0.1) is 6.92 Å². The Morgan fingerprint density at radius 3 is 2.50 bits per heavy atom. The lowest BCUT2D eigenvalue weighted by Crippen LogP contribution is -2.13. The molecule has 0 spiro atoms. The lowest BCUT2D eigenvalue weighted by atomic mass is 9.96. The van der Waals surface area contributed by atoms with Gasteiger partial charge >= 0.3 is 0 Å². The number of benzene rings is 2. The highest BCUT2D eigenvalue weighted by molar-refractivity contribution is 6.30. The van der Waals surface area contributed by atoms with Gasteiger partial charge in [-0.3, -0.25) is 0 Å². The number of rotatable bonds is 3. The summed E-state index contributed by atoms with van der Waals surface area (Å²) in [7, 11) is 0. The number of halogens is 1. The van der Waals surface area contributed by atoms with Crippen molar-refractivity contribution in [2.24, 2.45) is 0 Å². The van der Waals surface area contributed by atoms with Crippen molar-refractivity contribution in [3.05, 3.63) is 76.6 Å². The normalized spacial score (nSPS) is 13.5. The summed E-state index contributed by atoms with van der Waals surface area (Å²) < 4.78 is 1.98. The quantitative estimate of drug-likeness (QED) is 0.469. The molecule has 2 aromatic heterocycles. The SMILES string of the molecule is Cc1nn2c(Nc3ccc(Cl)cc3)c3c(nc2c1-c1ccccc1)CCCC3. The Labute approximate surface area is 169 Å². The van der Waals surface area contributed by atoms with Gasteiger partial charge in [0.1, 0.15) is 5.82 Å². The van der Waals surface area contributed by atoms with Crippen molar-refractivity contribution in [2.75, 3.05) is 5.32 Å². The van der Waals surface area contributed by atoms with E-state index in [9.17, 15) is 0 Å². The Hall–Kier alpha value is -2.85. The lowest BCUT2D eigenvalue weighted by Gasteiger charge is -2.20. The molecule has 0 radical (unpaired) electrons. The smallest absolute Gasteiger partial charge is 0.165 e. The average Bonchev–Trinajstić information content (AvgIpc) is 3.05. The Kier molecular flexibility index (Phi) is 4.29. The van der Waals surface area contributed by atoms with Crippen LogP contribution in [0.5, 0.6) is 0 Å². The maximum absolute atomic E-state index is 6.06. The van der Waals surface area contributed by atoms with Gasteiger partial charge in [-0.15, -0.1) is 0 Å². The van der Waals surface area contributed by atoms with Crippen molar-refractivity contribution in [2.45, 2.75) is 32.6 Å². The highest BCUT2D eigenvalue weighted by Crippen LogP contribution is 2.35. The summed E-state index contributed by atoms with van der Waals surface area (Å²) in [4.78, 5) is 5.07. The summed E-state index contributed by atoms with van der Waals surface area (Å²) in [5.41, 5.74) is 7.62. The second-order valence-electron chi connectivity index (χ2n) is 7.29. The van der Waals surface area contributed by atoms with Gasteiger partial charge in [-0.1, -0.05) is 41.9 Å². The first-order chi connectivity index (χ1) is 13.7. The summed E-state index contributed by atoms with van der Waals surface area (Å²) in [6, 6.07) is 18.2. The van der Waals surface area contributed by atoms with E-state index in [1.807, 2.05) is 34.8 Å². The first-order valence-electron chi connectivity index (χ1n) is 9.70. The summed E-state index contributed by atoms with van der Waals surface area (Å²) >= 11 is 6.06. The van der Waals surface area contributed by atoms with Gasteiger partial charge in [0, 0.05) is 27.5 Å². The van der Waals surface area contributed by atoms with E-state index in [4.69, 9.17) is 21.7 Å². The number of anilines is 2. The molecule has 1 aliphatic rings. The number of fused-ring (bicyclic) bond motifs is 2. The molecule has 28 heavy (non-hydrogen) atoms. The van der Waals surface area contributed by atoms with Gasteiger partial charge in [-0.05, 0) is 62.4 Å². The van der Waals surface area contributed by atoms with E-state index in [0.717, 1.165) is 51.8 Å². The van der Waals surface area contributed by atoms with Crippen molar-refractivity contribution in [3.63, 3.8) is 0 Å². The molecule has 140 valence electrons. The van der Waals surface area contributed by atoms with Gasteiger partial charge in [0.05, 0.1) is 5.69 Å². The Balaban J connectivity index is 1.74. The van der Waals surface area contributed by atoms with Gasteiger partial charge in [0.2, 0.25) is 0 Å². The highest BCUT2D eigenvalue weighted by Gasteiger charge is 2.23. The minimum absolute atomic E-state index is 0.730. The topological polar surface area (TPSA) is 42.2 Å². The molecule has 0 bridgehead atoms. The zero-order valence-electron chi connectivity index (χ0n) is 15.7. The minimum atomic E-state index is 0.730. The van der Waals surface area contributed by atoms with Crippen LogP contribution in [0.15, 0.2) is 54.6 Å². The molecule has 5 rings (SSSR count). The van der Waals surface area contributed by atoms with E-state index in [1.54, 1.807) is 0 Å².